The molecule has 1 aromatic carbocycles. The Balaban J connectivity index is 2.19. The van der Waals surface area contributed by atoms with Crippen molar-refractivity contribution >= 4 is 11.0 Å². The van der Waals surface area contributed by atoms with E-state index in [9.17, 15) is 5.11 Å². The summed E-state index contributed by atoms with van der Waals surface area (Å²) in [6.45, 7) is 4.32. The predicted molar refractivity (Wildman–Crippen MR) is 73.2 cm³/mol. The number of aromatic nitrogens is 2. The van der Waals surface area contributed by atoms with Crippen LogP contribution in [0.2, 0.25) is 0 Å². The van der Waals surface area contributed by atoms with Gasteiger partial charge >= 0.3 is 0 Å². The first-order chi connectivity index (χ1) is 8.74. The predicted octanol–water partition coefficient (Wildman–Crippen LogP) is 3.49. The number of rotatable bonds is 5. The van der Waals surface area contributed by atoms with Crippen molar-refractivity contribution in [1.29, 1.82) is 0 Å². The molecule has 0 amide bonds. The van der Waals surface area contributed by atoms with Gasteiger partial charge in [-0.3, -0.25) is 4.98 Å². The van der Waals surface area contributed by atoms with Gasteiger partial charge in [0.05, 0.1) is 29.0 Å². The summed E-state index contributed by atoms with van der Waals surface area (Å²) in [5, 5.41) is 10.2. The fourth-order valence-corrected chi connectivity index (χ4v) is 2.19. The zero-order chi connectivity index (χ0) is 13.0. The van der Waals surface area contributed by atoms with Gasteiger partial charge < -0.3 is 5.11 Å². The molecule has 1 unspecified atom stereocenters. The topological polar surface area (TPSA) is 46.0 Å². The Morgan fingerprint density at radius 1 is 1.11 bits per heavy atom. The molecule has 2 rings (SSSR count). The maximum Gasteiger partial charge on any atom is 0.0978 e. The van der Waals surface area contributed by atoms with Crippen LogP contribution in [-0.4, -0.2) is 15.1 Å². The van der Waals surface area contributed by atoms with Crippen molar-refractivity contribution in [3.63, 3.8) is 0 Å². The number of aliphatic hydroxyl groups excluding tert-OH is 1. The van der Waals surface area contributed by atoms with Gasteiger partial charge in [-0.05, 0) is 24.5 Å². The summed E-state index contributed by atoms with van der Waals surface area (Å²) in [5.41, 5.74) is 2.40. The molecule has 3 nitrogen and oxygen atoms in total. The van der Waals surface area contributed by atoms with Gasteiger partial charge in [0.25, 0.3) is 0 Å². The fourth-order valence-electron chi connectivity index (χ4n) is 2.19. The van der Waals surface area contributed by atoms with Gasteiger partial charge in [0.2, 0.25) is 0 Å². The minimum Gasteiger partial charge on any atom is -0.387 e. The van der Waals surface area contributed by atoms with Gasteiger partial charge in [-0.15, -0.1) is 0 Å². The second-order valence-corrected chi connectivity index (χ2v) is 4.72. The molecule has 0 fully saturated rings. The molecule has 0 aliphatic heterocycles. The van der Waals surface area contributed by atoms with E-state index in [1.54, 1.807) is 6.20 Å². The molecule has 2 aromatic rings. The van der Waals surface area contributed by atoms with Crippen molar-refractivity contribution in [3.8, 4) is 0 Å². The summed E-state index contributed by atoms with van der Waals surface area (Å²) in [5.74, 6) is 0.549. The van der Waals surface area contributed by atoms with Crippen LogP contribution in [0.25, 0.3) is 11.0 Å². The summed E-state index contributed by atoms with van der Waals surface area (Å²) in [7, 11) is 0. The maximum absolute atomic E-state index is 10.2. The Morgan fingerprint density at radius 3 is 2.44 bits per heavy atom. The normalized spacial score (nSPS) is 13.1. The Morgan fingerprint density at radius 2 is 1.78 bits per heavy atom. The molecule has 1 aromatic heterocycles. The summed E-state index contributed by atoms with van der Waals surface area (Å²) in [6, 6.07) is 7.74. The molecule has 0 bridgehead atoms. The molecule has 0 aliphatic carbocycles. The highest BCUT2D eigenvalue weighted by molar-refractivity contribution is 5.73. The Bertz CT molecular complexity index is 509. The molecular weight excluding hydrogens is 224 g/mol. The Hall–Kier alpha value is -1.48. The summed E-state index contributed by atoms with van der Waals surface area (Å²) in [6.07, 6.45) is 4.13. The smallest absolute Gasteiger partial charge is 0.0978 e. The lowest BCUT2D eigenvalue weighted by atomic mass is 9.95. The Kier molecular flexibility index (Phi) is 4.26. The van der Waals surface area contributed by atoms with E-state index in [2.05, 4.69) is 23.8 Å². The average molecular weight is 244 g/mol. The van der Waals surface area contributed by atoms with E-state index in [1.807, 2.05) is 24.3 Å². The SMILES string of the molecule is CCC(CC)CC(O)c1cnc2ccccc2n1. The lowest BCUT2D eigenvalue weighted by molar-refractivity contribution is 0.137. The molecule has 1 N–H and O–H groups in total. The lowest BCUT2D eigenvalue weighted by Crippen LogP contribution is -2.08. The molecule has 0 spiro atoms. The van der Waals surface area contributed by atoms with Crippen LogP contribution in [-0.2, 0) is 0 Å². The quantitative estimate of drug-likeness (QED) is 0.875. The van der Waals surface area contributed by atoms with Gasteiger partial charge in [0, 0.05) is 0 Å². The number of para-hydroxylation sites is 2. The molecule has 0 saturated carbocycles. The van der Waals surface area contributed by atoms with Gasteiger partial charge in [0.15, 0.2) is 0 Å². The van der Waals surface area contributed by atoms with Crippen molar-refractivity contribution in [2.45, 2.75) is 39.2 Å². The molecule has 0 saturated heterocycles. The second-order valence-electron chi connectivity index (χ2n) is 4.72. The lowest BCUT2D eigenvalue weighted by Gasteiger charge is -2.16. The molecule has 3 heteroatoms. The highest BCUT2D eigenvalue weighted by Crippen LogP contribution is 2.24. The third-order valence-electron chi connectivity index (χ3n) is 3.52. The van der Waals surface area contributed by atoms with Crippen LogP contribution in [0.5, 0.6) is 0 Å². The summed E-state index contributed by atoms with van der Waals surface area (Å²) < 4.78 is 0. The van der Waals surface area contributed by atoms with E-state index in [1.165, 1.54) is 0 Å². The van der Waals surface area contributed by atoms with E-state index < -0.39 is 6.10 Å². The zero-order valence-corrected chi connectivity index (χ0v) is 11.0. The number of benzene rings is 1. The number of fused-ring (bicyclic) bond motifs is 1. The average Bonchev–Trinajstić information content (AvgIpc) is 2.44. The van der Waals surface area contributed by atoms with Crippen LogP contribution in [0.15, 0.2) is 30.5 Å². The zero-order valence-electron chi connectivity index (χ0n) is 11.0. The molecule has 1 heterocycles. The number of aliphatic hydroxyl groups is 1. The van der Waals surface area contributed by atoms with Crippen LogP contribution >= 0.6 is 0 Å². The monoisotopic (exact) mass is 244 g/mol. The third kappa shape index (κ3) is 2.85. The van der Waals surface area contributed by atoms with Crippen molar-refractivity contribution < 1.29 is 5.11 Å². The molecule has 1 atom stereocenters. The minimum absolute atomic E-state index is 0.507. The van der Waals surface area contributed by atoms with Crippen LogP contribution in [0.4, 0.5) is 0 Å². The summed E-state index contributed by atoms with van der Waals surface area (Å²) >= 11 is 0. The van der Waals surface area contributed by atoms with Crippen LogP contribution in [0, 0.1) is 5.92 Å². The van der Waals surface area contributed by atoms with Crippen LogP contribution < -0.4 is 0 Å². The van der Waals surface area contributed by atoms with Gasteiger partial charge in [-0.25, -0.2) is 4.98 Å². The largest absolute Gasteiger partial charge is 0.387 e. The number of hydrogen-bond acceptors (Lipinski definition) is 3. The van der Waals surface area contributed by atoms with Crippen LogP contribution in [0.1, 0.15) is 44.9 Å². The first-order valence-corrected chi connectivity index (χ1v) is 6.64. The van der Waals surface area contributed by atoms with E-state index >= 15 is 0 Å². The molecular formula is C15H20N2O. The van der Waals surface area contributed by atoms with Crippen LogP contribution in [0.3, 0.4) is 0 Å². The number of hydrogen-bond donors (Lipinski definition) is 1. The third-order valence-corrected chi connectivity index (χ3v) is 3.52. The maximum atomic E-state index is 10.2. The molecule has 96 valence electrons. The molecule has 18 heavy (non-hydrogen) atoms. The van der Waals surface area contributed by atoms with Crippen molar-refractivity contribution in [3.05, 3.63) is 36.2 Å². The van der Waals surface area contributed by atoms with Gasteiger partial charge in [-0.2, -0.15) is 0 Å². The van der Waals surface area contributed by atoms with Crippen molar-refractivity contribution in [1.82, 2.24) is 9.97 Å². The van der Waals surface area contributed by atoms with E-state index in [0.717, 1.165) is 30.3 Å². The first kappa shape index (κ1) is 13.0. The van der Waals surface area contributed by atoms with E-state index in [-0.39, 0.29) is 0 Å². The van der Waals surface area contributed by atoms with E-state index in [0.29, 0.717) is 11.6 Å². The van der Waals surface area contributed by atoms with Crippen molar-refractivity contribution in [2.75, 3.05) is 0 Å². The Labute approximate surface area is 108 Å². The fraction of sp³-hybridized carbons (Fsp3) is 0.467. The van der Waals surface area contributed by atoms with Gasteiger partial charge in [0.1, 0.15) is 0 Å². The highest BCUT2D eigenvalue weighted by Gasteiger charge is 2.15. The number of nitrogens with zero attached hydrogens (tertiary/aromatic N) is 2. The standard InChI is InChI=1S/C15H20N2O/c1-3-11(4-2)9-15(18)14-10-16-12-7-5-6-8-13(12)17-14/h5-8,10-11,15,18H,3-4,9H2,1-2H3. The first-order valence-electron chi connectivity index (χ1n) is 6.64. The minimum atomic E-state index is -0.507. The molecule has 0 radical (unpaired) electrons. The highest BCUT2D eigenvalue weighted by atomic mass is 16.3. The van der Waals surface area contributed by atoms with Gasteiger partial charge in [-0.1, -0.05) is 38.8 Å². The second kappa shape index (κ2) is 5.91. The van der Waals surface area contributed by atoms with Crippen molar-refractivity contribution in [2.24, 2.45) is 5.92 Å². The van der Waals surface area contributed by atoms with E-state index in [4.69, 9.17) is 0 Å². The summed E-state index contributed by atoms with van der Waals surface area (Å²) in [4.78, 5) is 8.82. The molecule has 0 aliphatic rings.